The lowest BCUT2D eigenvalue weighted by atomic mass is 10.0. The zero-order valence-corrected chi connectivity index (χ0v) is 16.8. The molecule has 0 saturated carbocycles. The Morgan fingerprint density at radius 1 is 1.13 bits per heavy atom. The smallest absolute Gasteiger partial charge is 0.416 e. The predicted molar refractivity (Wildman–Crippen MR) is 110 cm³/mol. The zero-order chi connectivity index (χ0) is 22.2. The first-order chi connectivity index (χ1) is 14.7. The number of carbonyl (C=O) groups is 1. The molecule has 0 atom stereocenters. The molecule has 1 aliphatic heterocycles. The number of pyridine rings is 2. The van der Waals surface area contributed by atoms with E-state index in [1.807, 2.05) is 6.92 Å². The summed E-state index contributed by atoms with van der Waals surface area (Å²) in [5, 5.41) is 2.69. The van der Waals surface area contributed by atoms with Crippen molar-refractivity contribution in [3.8, 4) is 11.6 Å². The zero-order valence-electron chi connectivity index (χ0n) is 16.8. The third-order valence-corrected chi connectivity index (χ3v) is 5.10. The van der Waals surface area contributed by atoms with Crippen molar-refractivity contribution in [1.82, 2.24) is 9.97 Å². The second kappa shape index (κ2) is 7.90. The molecule has 1 N–H and O–H groups in total. The minimum Gasteiger partial charge on any atom is -0.437 e. The molecule has 0 fully saturated rings. The van der Waals surface area contributed by atoms with Gasteiger partial charge in [0, 0.05) is 18.8 Å². The van der Waals surface area contributed by atoms with E-state index in [9.17, 15) is 18.0 Å². The Morgan fingerprint density at radius 3 is 2.61 bits per heavy atom. The highest BCUT2D eigenvalue weighted by molar-refractivity contribution is 6.03. The van der Waals surface area contributed by atoms with Crippen LogP contribution in [0.1, 0.15) is 22.4 Å². The fourth-order valence-electron chi connectivity index (χ4n) is 3.58. The lowest BCUT2D eigenvalue weighted by Crippen LogP contribution is -2.34. The van der Waals surface area contributed by atoms with E-state index in [0.29, 0.717) is 41.7 Å². The monoisotopic (exact) mass is 428 g/mol. The van der Waals surface area contributed by atoms with Gasteiger partial charge in [-0.15, -0.1) is 0 Å². The van der Waals surface area contributed by atoms with Crippen LogP contribution in [0.4, 0.5) is 29.3 Å². The van der Waals surface area contributed by atoms with Gasteiger partial charge in [0.1, 0.15) is 0 Å². The molecule has 3 heterocycles. The minimum absolute atomic E-state index is 0.0476. The summed E-state index contributed by atoms with van der Waals surface area (Å²) >= 11 is 0. The van der Waals surface area contributed by atoms with Crippen molar-refractivity contribution >= 4 is 17.4 Å². The maximum Gasteiger partial charge on any atom is 0.416 e. The summed E-state index contributed by atoms with van der Waals surface area (Å²) < 4.78 is 45.5. The number of nitrogens with zero attached hydrogens (tertiary/aromatic N) is 3. The fourth-order valence-corrected chi connectivity index (χ4v) is 3.58. The lowest BCUT2D eigenvalue weighted by Gasteiger charge is -2.22. The molecule has 2 amide bonds. The molecule has 1 aliphatic rings. The van der Waals surface area contributed by atoms with Crippen LogP contribution < -0.4 is 15.0 Å². The first-order valence-corrected chi connectivity index (χ1v) is 9.58. The second-order valence-electron chi connectivity index (χ2n) is 7.15. The highest BCUT2D eigenvalue weighted by atomic mass is 19.4. The van der Waals surface area contributed by atoms with E-state index >= 15 is 0 Å². The number of alkyl halides is 3. The molecule has 0 saturated heterocycles. The molecule has 0 unspecified atom stereocenters. The summed E-state index contributed by atoms with van der Waals surface area (Å²) in [5.41, 5.74) is 1.45. The first kappa shape index (κ1) is 20.6. The number of benzene rings is 1. The summed E-state index contributed by atoms with van der Waals surface area (Å²) in [6.07, 6.45) is -0.896. The van der Waals surface area contributed by atoms with Crippen LogP contribution in [0.25, 0.3) is 0 Å². The van der Waals surface area contributed by atoms with Crippen LogP contribution in [0, 0.1) is 13.8 Å². The molecule has 2 aromatic heterocycles. The van der Waals surface area contributed by atoms with Crippen LogP contribution in [-0.4, -0.2) is 22.5 Å². The molecular formula is C22H19F3N4O2. The van der Waals surface area contributed by atoms with Crippen molar-refractivity contribution in [2.45, 2.75) is 26.4 Å². The normalized spacial score (nSPS) is 13.1. The molecular weight excluding hydrogens is 409 g/mol. The van der Waals surface area contributed by atoms with Crippen molar-refractivity contribution in [3.63, 3.8) is 0 Å². The first-order valence-electron chi connectivity index (χ1n) is 9.58. The third-order valence-electron chi connectivity index (χ3n) is 5.10. The summed E-state index contributed by atoms with van der Waals surface area (Å²) in [6, 6.07) is 8.71. The fraction of sp³-hybridized carbons (Fsp3) is 0.227. The van der Waals surface area contributed by atoms with Gasteiger partial charge in [-0.3, -0.25) is 9.88 Å². The molecule has 6 nitrogen and oxygen atoms in total. The topological polar surface area (TPSA) is 67.3 Å². The van der Waals surface area contributed by atoms with Gasteiger partial charge in [-0.25, -0.2) is 9.78 Å². The van der Waals surface area contributed by atoms with E-state index in [0.717, 1.165) is 11.6 Å². The average molecular weight is 428 g/mol. The molecule has 4 rings (SSSR count). The van der Waals surface area contributed by atoms with Crippen molar-refractivity contribution < 1.29 is 22.7 Å². The van der Waals surface area contributed by atoms with Crippen LogP contribution in [0.5, 0.6) is 11.6 Å². The number of carbonyl (C=O) groups excluding carboxylic acids is 1. The Balaban J connectivity index is 1.50. The van der Waals surface area contributed by atoms with E-state index in [1.54, 1.807) is 30.5 Å². The van der Waals surface area contributed by atoms with Gasteiger partial charge in [0.2, 0.25) is 5.88 Å². The van der Waals surface area contributed by atoms with Gasteiger partial charge in [0.15, 0.2) is 5.75 Å². The van der Waals surface area contributed by atoms with Crippen LogP contribution in [-0.2, 0) is 12.6 Å². The van der Waals surface area contributed by atoms with Gasteiger partial charge in [0.05, 0.1) is 28.8 Å². The summed E-state index contributed by atoms with van der Waals surface area (Å²) in [7, 11) is 0. The van der Waals surface area contributed by atoms with Crippen LogP contribution in [0.15, 0.2) is 48.8 Å². The molecule has 0 aliphatic carbocycles. The van der Waals surface area contributed by atoms with Crippen molar-refractivity contribution in [2.24, 2.45) is 0 Å². The van der Waals surface area contributed by atoms with Gasteiger partial charge in [-0.2, -0.15) is 13.2 Å². The van der Waals surface area contributed by atoms with Gasteiger partial charge >= 0.3 is 12.2 Å². The Bertz CT molecular complexity index is 1130. The number of fused-ring (bicyclic) bond motifs is 1. The van der Waals surface area contributed by atoms with Gasteiger partial charge in [-0.1, -0.05) is 6.07 Å². The largest absolute Gasteiger partial charge is 0.437 e. The number of amides is 2. The van der Waals surface area contributed by atoms with E-state index in [-0.39, 0.29) is 5.56 Å². The molecule has 160 valence electrons. The minimum atomic E-state index is -4.48. The van der Waals surface area contributed by atoms with Crippen molar-refractivity contribution in [2.75, 3.05) is 16.8 Å². The maximum atomic E-state index is 13.3. The Hall–Kier alpha value is -3.62. The number of hydrogen-bond donors (Lipinski definition) is 1. The van der Waals surface area contributed by atoms with Crippen molar-refractivity contribution in [3.05, 3.63) is 71.2 Å². The SMILES string of the molecule is Cc1ncccc1Oc1ccc(NC(=O)N2CCc3ccc(C(F)(F)F)c(C)c32)cn1. The van der Waals surface area contributed by atoms with Crippen LogP contribution >= 0.6 is 0 Å². The molecule has 0 spiro atoms. The highest BCUT2D eigenvalue weighted by Crippen LogP contribution is 2.40. The number of anilines is 2. The molecule has 1 aromatic carbocycles. The number of hydrogen-bond acceptors (Lipinski definition) is 4. The van der Waals surface area contributed by atoms with Crippen LogP contribution in [0.2, 0.25) is 0 Å². The average Bonchev–Trinajstić information content (AvgIpc) is 3.16. The summed E-state index contributed by atoms with van der Waals surface area (Å²) in [6.45, 7) is 3.50. The van der Waals surface area contributed by atoms with Crippen LogP contribution in [0.3, 0.4) is 0 Å². The molecule has 0 radical (unpaired) electrons. The molecule has 3 aromatic rings. The Morgan fingerprint density at radius 2 is 1.94 bits per heavy atom. The second-order valence-corrected chi connectivity index (χ2v) is 7.15. The number of rotatable bonds is 3. The number of halogens is 3. The van der Waals surface area contributed by atoms with E-state index in [4.69, 9.17) is 4.74 Å². The summed E-state index contributed by atoms with van der Waals surface area (Å²) in [5.74, 6) is 0.891. The predicted octanol–water partition coefficient (Wildman–Crippen LogP) is 5.50. The Kier molecular flexibility index (Phi) is 5.26. The van der Waals surface area contributed by atoms with E-state index in [2.05, 4.69) is 15.3 Å². The maximum absolute atomic E-state index is 13.3. The molecule has 0 bridgehead atoms. The highest BCUT2D eigenvalue weighted by Gasteiger charge is 2.36. The van der Waals surface area contributed by atoms with E-state index < -0.39 is 17.8 Å². The van der Waals surface area contributed by atoms with E-state index in [1.165, 1.54) is 24.1 Å². The van der Waals surface area contributed by atoms with Gasteiger partial charge in [0.25, 0.3) is 0 Å². The van der Waals surface area contributed by atoms with Crippen molar-refractivity contribution in [1.29, 1.82) is 0 Å². The number of nitrogens with one attached hydrogen (secondary N) is 1. The quantitative estimate of drug-likeness (QED) is 0.598. The number of aromatic nitrogens is 2. The number of aryl methyl sites for hydroxylation is 1. The van der Waals surface area contributed by atoms with Gasteiger partial charge < -0.3 is 10.1 Å². The number of ether oxygens (including phenoxy) is 1. The Labute approximate surface area is 176 Å². The molecule has 31 heavy (non-hydrogen) atoms. The lowest BCUT2D eigenvalue weighted by molar-refractivity contribution is -0.138. The molecule has 9 heteroatoms. The number of urea groups is 1. The standard InChI is InChI=1S/C22H19F3N4O2/c1-13-17(22(23,24)25)7-5-15-9-11-29(20(13)15)21(30)28-16-6-8-19(27-12-16)31-18-4-3-10-26-14(18)2/h3-8,10,12H,9,11H2,1-2H3,(H,28,30). The third kappa shape index (κ3) is 4.16. The summed E-state index contributed by atoms with van der Waals surface area (Å²) in [4.78, 5) is 22.4. The van der Waals surface area contributed by atoms with Gasteiger partial charge in [-0.05, 0) is 55.7 Å².